The van der Waals surface area contributed by atoms with Crippen LogP contribution in [0, 0.1) is 0 Å². The summed E-state index contributed by atoms with van der Waals surface area (Å²) in [5, 5.41) is 3.27. The van der Waals surface area contributed by atoms with E-state index in [1.165, 1.54) is 0 Å². The van der Waals surface area contributed by atoms with Gasteiger partial charge in [-0.1, -0.05) is 6.92 Å². The van der Waals surface area contributed by atoms with Gasteiger partial charge in [-0.25, -0.2) is 15.0 Å². The molecule has 0 spiro atoms. The number of nitrogens with zero attached hydrogens (tertiary/aromatic N) is 6. The number of nitrogens with one attached hydrogen (secondary N) is 1. The van der Waals surface area contributed by atoms with Crippen LogP contribution in [-0.4, -0.2) is 89.3 Å². The smallest absolute Gasteiger partial charge is 0.249 e. The van der Waals surface area contributed by atoms with Crippen LogP contribution in [0.3, 0.4) is 0 Å². The molecule has 212 valence electrons. The molecule has 3 aromatic rings. The van der Waals surface area contributed by atoms with Crippen molar-refractivity contribution in [3.05, 3.63) is 59.9 Å². The molecule has 11 nitrogen and oxygen atoms in total. The Balaban J connectivity index is 1.44. The van der Waals surface area contributed by atoms with E-state index in [2.05, 4.69) is 35.0 Å². The van der Waals surface area contributed by atoms with Crippen molar-refractivity contribution in [1.82, 2.24) is 24.8 Å². The topological polar surface area (TPSA) is 147 Å². The first-order valence-electron chi connectivity index (χ1n) is 13.7. The first kappa shape index (κ1) is 29.1. The third kappa shape index (κ3) is 7.81. The van der Waals surface area contributed by atoms with Crippen molar-refractivity contribution >= 4 is 29.1 Å². The average Bonchev–Trinajstić information content (AvgIpc) is 2.97. The standard InChI is InChI=1S/C29H39N9O2/c1-3-24(39)20-38-15-13-37(14-16-38)19-22-17-23(6-7-25(22)28(31)40)34-29-32-11-9-26(35-29)21-5-8-27(33-18-21)36(2)12-4-10-30/h5-9,11,17-18H,3-4,10,12-16,19-20,30H2,1-2H3,(H2,31,40)(H,32,34,35). The highest BCUT2D eigenvalue weighted by molar-refractivity contribution is 5.95. The molecule has 3 heterocycles. The number of anilines is 3. The van der Waals surface area contributed by atoms with E-state index in [4.69, 9.17) is 11.5 Å². The molecule has 2 aromatic heterocycles. The highest BCUT2D eigenvalue weighted by atomic mass is 16.1. The van der Waals surface area contributed by atoms with Gasteiger partial charge < -0.3 is 21.7 Å². The van der Waals surface area contributed by atoms with Crippen LogP contribution in [0.15, 0.2) is 48.8 Å². The molecule has 40 heavy (non-hydrogen) atoms. The van der Waals surface area contributed by atoms with Gasteiger partial charge in [0.1, 0.15) is 11.6 Å². The first-order valence-corrected chi connectivity index (χ1v) is 13.7. The lowest BCUT2D eigenvalue weighted by Crippen LogP contribution is -2.47. The monoisotopic (exact) mass is 545 g/mol. The Morgan fingerprint density at radius 2 is 1.82 bits per heavy atom. The fraction of sp³-hybridized carbons (Fsp3) is 0.414. The Bertz CT molecular complexity index is 1290. The lowest BCUT2D eigenvalue weighted by Gasteiger charge is -2.34. The number of amides is 1. The van der Waals surface area contributed by atoms with Crippen LogP contribution in [0.1, 0.15) is 35.7 Å². The van der Waals surface area contributed by atoms with E-state index in [-0.39, 0.29) is 5.78 Å². The number of primary amides is 1. The Hall–Kier alpha value is -3.93. The van der Waals surface area contributed by atoms with Crippen molar-refractivity contribution in [2.24, 2.45) is 11.5 Å². The van der Waals surface area contributed by atoms with Gasteiger partial charge in [-0.15, -0.1) is 0 Å². The molecule has 11 heteroatoms. The van der Waals surface area contributed by atoms with E-state index in [1.807, 2.05) is 38.2 Å². The SMILES string of the molecule is CCC(=O)CN1CCN(Cc2cc(Nc3nccc(-c4ccc(N(C)CCCN)nc4)n3)ccc2C(N)=O)CC1. The number of rotatable bonds is 13. The molecule has 1 aromatic carbocycles. The van der Waals surface area contributed by atoms with Gasteiger partial charge in [0.05, 0.1) is 12.2 Å². The highest BCUT2D eigenvalue weighted by Crippen LogP contribution is 2.23. The Morgan fingerprint density at radius 1 is 1.05 bits per heavy atom. The number of Topliss-reactive ketones (excluding diaryl/α,β-unsaturated/α-hetero) is 1. The molecule has 0 atom stereocenters. The van der Waals surface area contributed by atoms with Crippen molar-refractivity contribution in [3.8, 4) is 11.3 Å². The Kier molecular flexibility index (Phi) is 10.1. The number of hydrogen-bond acceptors (Lipinski definition) is 10. The molecule has 1 aliphatic rings. The second-order valence-electron chi connectivity index (χ2n) is 10.0. The van der Waals surface area contributed by atoms with Crippen LogP contribution >= 0.6 is 0 Å². The van der Waals surface area contributed by atoms with Gasteiger partial charge in [-0.05, 0) is 54.9 Å². The molecule has 0 radical (unpaired) electrons. The molecule has 0 aliphatic carbocycles. The second-order valence-corrected chi connectivity index (χ2v) is 10.0. The maximum Gasteiger partial charge on any atom is 0.249 e. The van der Waals surface area contributed by atoms with E-state index >= 15 is 0 Å². The van der Waals surface area contributed by atoms with Gasteiger partial charge in [-0.3, -0.25) is 19.4 Å². The van der Waals surface area contributed by atoms with Gasteiger partial charge in [0, 0.05) is 81.9 Å². The average molecular weight is 546 g/mol. The van der Waals surface area contributed by atoms with E-state index in [1.54, 1.807) is 24.5 Å². The van der Waals surface area contributed by atoms with Gasteiger partial charge >= 0.3 is 0 Å². The fourth-order valence-electron chi connectivity index (χ4n) is 4.67. The quantitative estimate of drug-likeness (QED) is 0.292. The van der Waals surface area contributed by atoms with Crippen molar-refractivity contribution in [2.45, 2.75) is 26.3 Å². The largest absolute Gasteiger partial charge is 0.366 e. The number of piperazine rings is 1. The molecule has 4 rings (SSSR count). The maximum atomic E-state index is 12.2. The molecule has 0 saturated carbocycles. The summed E-state index contributed by atoms with van der Waals surface area (Å²) in [5.41, 5.74) is 15.0. The molecule has 1 fully saturated rings. The molecule has 0 unspecified atom stereocenters. The van der Waals surface area contributed by atoms with Crippen LogP contribution in [0.25, 0.3) is 11.3 Å². The molecule has 1 aliphatic heterocycles. The summed E-state index contributed by atoms with van der Waals surface area (Å²) in [4.78, 5) is 44.1. The van der Waals surface area contributed by atoms with Crippen LogP contribution < -0.4 is 21.7 Å². The fourth-order valence-corrected chi connectivity index (χ4v) is 4.67. The van der Waals surface area contributed by atoms with Crippen LogP contribution in [0.4, 0.5) is 17.5 Å². The molecule has 1 saturated heterocycles. The third-order valence-electron chi connectivity index (χ3n) is 7.07. The Morgan fingerprint density at radius 3 is 2.50 bits per heavy atom. The van der Waals surface area contributed by atoms with E-state index in [0.29, 0.717) is 37.6 Å². The van der Waals surface area contributed by atoms with E-state index in [9.17, 15) is 9.59 Å². The minimum Gasteiger partial charge on any atom is -0.366 e. The van der Waals surface area contributed by atoms with Crippen molar-refractivity contribution in [3.63, 3.8) is 0 Å². The molecular formula is C29H39N9O2. The van der Waals surface area contributed by atoms with Gasteiger partial charge in [0.15, 0.2) is 0 Å². The number of aromatic nitrogens is 3. The molecule has 1 amide bonds. The highest BCUT2D eigenvalue weighted by Gasteiger charge is 2.20. The zero-order chi connectivity index (χ0) is 28.5. The Labute approximate surface area is 235 Å². The van der Waals surface area contributed by atoms with Crippen LogP contribution in [-0.2, 0) is 11.3 Å². The predicted octanol–water partition coefficient (Wildman–Crippen LogP) is 2.26. The van der Waals surface area contributed by atoms with Crippen molar-refractivity contribution < 1.29 is 9.59 Å². The van der Waals surface area contributed by atoms with Crippen molar-refractivity contribution in [2.75, 3.05) is 63.1 Å². The number of benzene rings is 1. The summed E-state index contributed by atoms with van der Waals surface area (Å²) >= 11 is 0. The first-order chi connectivity index (χ1) is 19.4. The summed E-state index contributed by atoms with van der Waals surface area (Å²) in [5.74, 6) is 1.11. The molecule has 0 bridgehead atoms. The summed E-state index contributed by atoms with van der Waals surface area (Å²) in [6.07, 6.45) is 4.97. The lowest BCUT2D eigenvalue weighted by molar-refractivity contribution is -0.120. The summed E-state index contributed by atoms with van der Waals surface area (Å²) in [6, 6.07) is 11.3. The predicted molar refractivity (Wildman–Crippen MR) is 157 cm³/mol. The lowest BCUT2D eigenvalue weighted by atomic mass is 10.0. The van der Waals surface area contributed by atoms with Crippen molar-refractivity contribution in [1.29, 1.82) is 0 Å². The number of hydrogen-bond donors (Lipinski definition) is 3. The second kappa shape index (κ2) is 13.9. The van der Waals surface area contributed by atoms with Gasteiger partial charge in [-0.2, -0.15) is 0 Å². The molecule has 5 N–H and O–H groups in total. The minimum atomic E-state index is -0.461. The summed E-state index contributed by atoms with van der Waals surface area (Å²) < 4.78 is 0. The number of nitrogens with two attached hydrogens (primary N) is 2. The third-order valence-corrected chi connectivity index (χ3v) is 7.07. The number of carbonyl (C=O) groups excluding carboxylic acids is 2. The number of pyridine rings is 1. The zero-order valence-corrected chi connectivity index (χ0v) is 23.3. The summed E-state index contributed by atoms with van der Waals surface area (Å²) in [6.45, 7) is 7.73. The van der Waals surface area contributed by atoms with Gasteiger partial charge in [0.2, 0.25) is 11.9 Å². The minimum absolute atomic E-state index is 0.258. The van der Waals surface area contributed by atoms with Crippen LogP contribution in [0.5, 0.6) is 0 Å². The number of ketones is 1. The number of carbonyl (C=O) groups is 2. The van der Waals surface area contributed by atoms with Gasteiger partial charge in [0.25, 0.3) is 0 Å². The molecular weight excluding hydrogens is 506 g/mol. The van der Waals surface area contributed by atoms with E-state index < -0.39 is 5.91 Å². The summed E-state index contributed by atoms with van der Waals surface area (Å²) in [7, 11) is 2.00. The normalized spacial score (nSPS) is 14.2. The maximum absolute atomic E-state index is 12.2. The van der Waals surface area contributed by atoms with E-state index in [0.717, 1.165) is 67.5 Å². The van der Waals surface area contributed by atoms with Crippen LogP contribution in [0.2, 0.25) is 0 Å². The zero-order valence-electron chi connectivity index (χ0n) is 23.3.